The second-order valence-electron chi connectivity index (χ2n) is 6.43. The van der Waals surface area contributed by atoms with E-state index < -0.39 is 0 Å². The molecule has 1 fully saturated rings. The molecule has 1 aliphatic rings. The molecule has 26 heavy (non-hydrogen) atoms. The number of ether oxygens (including phenoxy) is 3. The lowest BCUT2D eigenvalue weighted by molar-refractivity contribution is 0.0168. The Labute approximate surface area is 157 Å². The van der Waals surface area contributed by atoms with E-state index in [2.05, 4.69) is 46.8 Å². The third kappa shape index (κ3) is 8.17. The van der Waals surface area contributed by atoms with Crippen molar-refractivity contribution >= 4 is 5.96 Å². The lowest BCUT2D eigenvalue weighted by Gasteiger charge is -2.12. The number of hydrogen-bond acceptors (Lipinski definition) is 4. The molecular weight excluding hydrogens is 330 g/mol. The zero-order chi connectivity index (χ0) is 18.5. The number of nitrogens with zero attached hydrogens (tertiary/aromatic N) is 1. The van der Waals surface area contributed by atoms with Gasteiger partial charge in [0.15, 0.2) is 5.96 Å². The smallest absolute Gasteiger partial charge is 0.191 e. The molecule has 2 N–H and O–H groups in total. The Morgan fingerprint density at radius 3 is 2.73 bits per heavy atom. The van der Waals surface area contributed by atoms with Crippen LogP contribution >= 0.6 is 0 Å². The van der Waals surface area contributed by atoms with Crippen LogP contribution in [0.5, 0.6) is 0 Å². The minimum Gasteiger partial charge on any atom is -0.380 e. The first-order valence-electron chi connectivity index (χ1n) is 9.60. The zero-order valence-corrected chi connectivity index (χ0v) is 16.1. The summed E-state index contributed by atoms with van der Waals surface area (Å²) in [5.74, 6) is 0.840. The van der Waals surface area contributed by atoms with Gasteiger partial charge in [0.2, 0.25) is 0 Å². The monoisotopic (exact) mass is 363 g/mol. The molecule has 0 aliphatic carbocycles. The van der Waals surface area contributed by atoms with Crippen LogP contribution in [0.15, 0.2) is 29.3 Å². The number of benzene rings is 1. The molecule has 2 rings (SSSR count). The van der Waals surface area contributed by atoms with Crippen molar-refractivity contribution in [3.8, 4) is 0 Å². The molecule has 0 radical (unpaired) electrons. The van der Waals surface area contributed by atoms with Gasteiger partial charge in [-0.2, -0.15) is 0 Å². The van der Waals surface area contributed by atoms with Crippen molar-refractivity contribution in [2.75, 3.05) is 40.0 Å². The molecule has 0 bridgehead atoms. The molecule has 1 aromatic rings. The lowest BCUT2D eigenvalue weighted by atomic mass is 10.1. The summed E-state index contributed by atoms with van der Waals surface area (Å²) in [6, 6.07) is 8.36. The van der Waals surface area contributed by atoms with E-state index in [1.54, 1.807) is 7.11 Å². The number of methoxy groups -OCH3 is 1. The van der Waals surface area contributed by atoms with Gasteiger partial charge in [-0.3, -0.25) is 0 Å². The molecule has 1 atom stereocenters. The standard InChI is InChI=1S/C20H33N3O3/c1-3-21-20(22-11-5-12-25-16-19-6-4-13-26-19)23-14-17-7-9-18(10-8-17)15-24-2/h7-10,19H,3-6,11-16H2,1-2H3,(H2,21,22,23). The molecule has 6 heteroatoms. The number of guanidine groups is 1. The highest BCUT2D eigenvalue weighted by atomic mass is 16.5. The molecule has 1 aliphatic heterocycles. The van der Waals surface area contributed by atoms with Crippen LogP contribution in [0.25, 0.3) is 0 Å². The first kappa shape index (κ1) is 20.7. The highest BCUT2D eigenvalue weighted by Gasteiger charge is 2.14. The lowest BCUT2D eigenvalue weighted by Crippen LogP contribution is -2.38. The van der Waals surface area contributed by atoms with Crippen LogP contribution in [0.1, 0.15) is 37.3 Å². The molecule has 1 unspecified atom stereocenters. The summed E-state index contributed by atoms with van der Waals surface area (Å²) in [5, 5.41) is 6.64. The van der Waals surface area contributed by atoms with E-state index in [-0.39, 0.29) is 0 Å². The average Bonchev–Trinajstić information content (AvgIpc) is 3.17. The van der Waals surface area contributed by atoms with E-state index in [0.717, 1.165) is 51.5 Å². The second kappa shape index (κ2) is 12.7. The van der Waals surface area contributed by atoms with Gasteiger partial charge in [0.25, 0.3) is 0 Å². The highest BCUT2D eigenvalue weighted by Crippen LogP contribution is 2.11. The van der Waals surface area contributed by atoms with E-state index in [1.165, 1.54) is 11.1 Å². The number of rotatable bonds is 11. The summed E-state index contributed by atoms with van der Waals surface area (Å²) >= 11 is 0. The second-order valence-corrected chi connectivity index (χ2v) is 6.43. The summed E-state index contributed by atoms with van der Waals surface area (Å²) in [7, 11) is 1.71. The molecule has 0 spiro atoms. The average molecular weight is 364 g/mol. The summed E-state index contributed by atoms with van der Waals surface area (Å²) in [6.45, 7) is 7.38. The van der Waals surface area contributed by atoms with E-state index in [0.29, 0.717) is 25.9 Å². The van der Waals surface area contributed by atoms with Crippen molar-refractivity contribution < 1.29 is 14.2 Å². The molecule has 1 aromatic carbocycles. The molecular formula is C20H33N3O3. The Morgan fingerprint density at radius 2 is 2.04 bits per heavy atom. The van der Waals surface area contributed by atoms with Gasteiger partial charge in [0, 0.05) is 33.4 Å². The predicted molar refractivity (Wildman–Crippen MR) is 104 cm³/mol. The van der Waals surface area contributed by atoms with Crippen LogP contribution in [-0.2, 0) is 27.4 Å². The van der Waals surface area contributed by atoms with Gasteiger partial charge in [-0.25, -0.2) is 4.99 Å². The molecule has 146 valence electrons. The third-order valence-corrected chi connectivity index (χ3v) is 4.18. The van der Waals surface area contributed by atoms with Crippen molar-refractivity contribution in [2.45, 2.75) is 45.4 Å². The van der Waals surface area contributed by atoms with Crippen LogP contribution in [-0.4, -0.2) is 52.1 Å². The Balaban J connectivity index is 1.65. The fourth-order valence-corrected chi connectivity index (χ4v) is 2.79. The van der Waals surface area contributed by atoms with Gasteiger partial charge in [0.1, 0.15) is 0 Å². The van der Waals surface area contributed by atoms with Crippen molar-refractivity contribution in [1.82, 2.24) is 10.6 Å². The van der Waals surface area contributed by atoms with Crippen LogP contribution in [0.3, 0.4) is 0 Å². The normalized spacial score (nSPS) is 17.5. The van der Waals surface area contributed by atoms with Gasteiger partial charge in [0.05, 0.1) is 25.9 Å². The largest absolute Gasteiger partial charge is 0.380 e. The van der Waals surface area contributed by atoms with Crippen LogP contribution in [0.4, 0.5) is 0 Å². The van der Waals surface area contributed by atoms with Crippen LogP contribution in [0.2, 0.25) is 0 Å². The van der Waals surface area contributed by atoms with E-state index >= 15 is 0 Å². The quantitative estimate of drug-likeness (QED) is 0.359. The third-order valence-electron chi connectivity index (χ3n) is 4.18. The fourth-order valence-electron chi connectivity index (χ4n) is 2.79. The van der Waals surface area contributed by atoms with E-state index in [1.807, 2.05) is 0 Å². The van der Waals surface area contributed by atoms with Gasteiger partial charge < -0.3 is 24.8 Å². The van der Waals surface area contributed by atoms with Gasteiger partial charge in [-0.1, -0.05) is 24.3 Å². The molecule has 0 amide bonds. The van der Waals surface area contributed by atoms with Crippen LogP contribution in [0, 0.1) is 0 Å². The Bertz CT molecular complexity index is 514. The highest BCUT2D eigenvalue weighted by molar-refractivity contribution is 5.79. The summed E-state index contributed by atoms with van der Waals surface area (Å²) in [4.78, 5) is 4.64. The molecule has 1 saturated heterocycles. The molecule has 0 aromatic heterocycles. The Kier molecular flexibility index (Phi) is 10.1. The minimum absolute atomic E-state index is 0.303. The van der Waals surface area contributed by atoms with Gasteiger partial charge in [-0.05, 0) is 37.3 Å². The van der Waals surface area contributed by atoms with Crippen LogP contribution < -0.4 is 10.6 Å². The zero-order valence-electron chi connectivity index (χ0n) is 16.1. The Morgan fingerprint density at radius 1 is 1.23 bits per heavy atom. The van der Waals surface area contributed by atoms with Gasteiger partial charge >= 0.3 is 0 Å². The van der Waals surface area contributed by atoms with Crippen molar-refractivity contribution in [3.05, 3.63) is 35.4 Å². The number of hydrogen-bond donors (Lipinski definition) is 2. The first-order chi connectivity index (χ1) is 12.8. The SMILES string of the molecule is CCNC(=NCc1ccc(COC)cc1)NCCCOCC1CCCO1. The minimum atomic E-state index is 0.303. The molecule has 0 saturated carbocycles. The maximum absolute atomic E-state index is 5.68. The van der Waals surface area contributed by atoms with E-state index in [4.69, 9.17) is 14.2 Å². The first-order valence-corrected chi connectivity index (χ1v) is 9.60. The fraction of sp³-hybridized carbons (Fsp3) is 0.650. The Hall–Kier alpha value is -1.63. The molecule has 6 nitrogen and oxygen atoms in total. The van der Waals surface area contributed by atoms with Crippen molar-refractivity contribution in [1.29, 1.82) is 0 Å². The van der Waals surface area contributed by atoms with Crippen molar-refractivity contribution in [3.63, 3.8) is 0 Å². The summed E-state index contributed by atoms with van der Waals surface area (Å²) in [6.07, 6.45) is 3.54. The van der Waals surface area contributed by atoms with E-state index in [9.17, 15) is 0 Å². The predicted octanol–water partition coefficient (Wildman–Crippen LogP) is 2.47. The maximum Gasteiger partial charge on any atom is 0.191 e. The van der Waals surface area contributed by atoms with Gasteiger partial charge in [-0.15, -0.1) is 0 Å². The maximum atomic E-state index is 5.68. The topological polar surface area (TPSA) is 64.1 Å². The summed E-state index contributed by atoms with van der Waals surface area (Å²) < 4.78 is 16.4. The number of nitrogens with one attached hydrogen (secondary N) is 2. The van der Waals surface area contributed by atoms with Crippen molar-refractivity contribution in [2.24, 2.45) is 4.99 Å². The molecule has 1 heterocycles. The summed E-state index contributed by atoms with van der Waals surface area (Å²) in [5.41, 5.74) is 2.36. The number of aliphatic imine (C=N–C) groups is 1.